The van der Waals surface area contributed by atoms with E-state index in [4.69, 9.17) is 0 Å². The van der Waals surface area contributed by atoms with Gasteiger partial charge in [-0.2, -0.15) is 0 Å². The van der Waals surface area contributed by atoms with Gasteiger partial charge in [-0.3, -0.25) is 0 Å². The predicted octanol–water partition coefficient (Wildman–Crippen LogP) is 4.02. The first-order valence-electron chi connectivity index (χ1n) is 5.08. The van der Waals surface area contributed by atoms with Gasteiger partial charge in [-0.1, -0.05) is 46.8 Å². The van der Waals surface area contributed by atoms with Gasteiger partial charge in [0, 0.05) is 0 Å². The number of rotatable bonds is 3. The molecule has 70 valence electrons. The third-order valence-electron chi connectivity index (χ3n) is 3.19. The van der Waals surface area contributed by atoms with Crippen LogP contribution in [0.5, 0.6) is 0 Å². The lowest BCUT2D eigenvalue weighted by molar-refractivity contribution is 0.346. The molecule has 1 fully saturated rings. The van der Waals surface area contributed by atoms with Crippen LogP contribution in [0.2, 0.25) is 0 Å². The van der Waals surface area contributed by atoms with E-state index in [9.17, 15) is 0 Å². The second-order valence-electron chi connectivity index (χ2n) is 5.38. The van der Waals surface area contributed by atoms with E-state index in [0.29, 0.717) is 10.8 Å². The van der Waals surface area contributed by atoms with Gasteiger partial charge < -0.3 is 0 Å². The lowest BCUT2D eigenvalue weighted by atomic mass is 9.83. The van der Waals surface area contributed by atoms with E-state index in [1.165, 1.54) is 6.42 Å². The Hall–Kier alpha value is -0.260. The molecule has 1 rings (SSSR count). The molecule has 0 heterocycles. The summed E-state index contributed by atoms with van der Waals surface area (Å²) in [6, 6.07) is 0. The Morgan fingerprint density at radius 2 is 1.92 bits per heavy atom. The molecule has 0 N–H and O–H groups in total. The highest BCUT2D eigenvalue weighted by Crippen LogP contribution is 2.60. The van der Waals surface area contributed by atoms with Crippen molar-refractivity contribution >= 4 is 0 Å². The molecule has 0 spiro atoms. The zero-order valence-electron chi connectivity index (χ0n) is 9.15. The van der Waals surface area contributed by atoms with E-state index in [-0.39, 0.29) is 0 Å². The standard InChI is InChI=1S/C12H22/c1-6-7-8-11(2,3)10-9-12(10,4)5/h7-8,10H,6,9H2,1-5H3/b8-7+. The quantitative estimate of drug-likeness (QED) is 0.555. The second-order valence-corrected chi connectivity index (χ2v) is 5.38. The first kappa shape index (κ1) is 9.83. The van der Waals surface area contributed by atoms with E-state index in [0.717, 1.165) is 12.3 Å². The molecule has 0 heteroatoms. The van der Waals surface area contributed by atoms with Gasteiger partial charge in [0.2, 0.25) is 0 Å². The summed E-state index contributed by atoms with van der Waals surface area (Å²) in [6.07, 6.45) is 7.26. The highest BCUT2D eigenvalue weighted by Gasteiger charge is 2.52. The van der Waals surface area contributed by atoms with Crippen LogP contribution in [0.1, 0.15) is 47.5 Å². The van der Waals surface area contributed by atoms with Crippen LogP contribution < -0.4 is 0 Å². The summed E-state index contributed by atoms with van der Waals surface area (Å²) >= 11 is 0. The topological polar surface area (TPSA) is 0 Å². The molecule has 1 unspecified atom stereocenters. The van der Waals surface area contributed by atoms with Gasteiger partial charge in [-0.05, 0) is 29.6 Å². The zero-order valence-corrected chi connectivity index (χ0v) is 9.15. The predicted molar refractivity (Wildman–Crippen MR) is 55.1 cm³/mol. The van der Waals surface area contributed by atoms with Crippen LogP contribution >= 0.6 is 0 Å². The van der Waals surface area contributed by atoms with Crippen molar-refractivity contribution in [2.45, 2.75) is 47.5 Å². The Kier molecular flexibility index (Phi) is 2.38. The summed E-state index contributed by atoms with van der Waals surface area (Å²) in [5, 5.41) is 0. The van der Waals surface area contributed by atoms with Crippen LogP contribution in [0, 0.1) is 16.7 Å². The van der Waals surface area contributed by atoms with Gasteiger partial charge in [0.1, 0.15) is 0 Å². The molecule has 1 aliphatic rings. The van der Waals surface area contributed by atoms with Gasteiger partial charge in [0.25, 0.3) is 0 Å². The summed E-state index contributed by atoms with van der Waals surface area (Å²) in [7, 11) is 0. The number of hydrogen-bond acceptors (Lipinski definition) is 0. The first-order chi connectivity index (χ1) is 5.40. The van der Waals surface area contributed by atoms with E-state index < -0.39 is 0 Å². The van der Waals surface area contributed by atoms with Crippen molar-refractivity contribution in [2.24, 2.45) is 16.7 Å². The summed E-state index contributed by atoms with van der Waals surface area (Å²) in [4.78, 5) is 0. The monoisotopic (exact) mass is 166 g/mol. The molecular weight excluding hydrogens is 144 g/mol. The molecule has 0 aliphatic heterocycles. The molecule has 0 bridgehead atoms. The lowest BCUT2D eigenvalue weighted by Gasteiger charge is -2.22. The van der Waals surface area contributed by atoms with Crippen molar-refractivity contribution in [3.8, 4) is 0 Å². The van der Waals surface area contributed by atoms with Crippen molar-refractivity contribution in [2.75, 3.05) is 0 Å². The van der Waals surface area contributed by atoms with Gasteiger partial charge in [0.05, 0.1) is 0 Å². The normalized spacial score (nSPS) is 27.9. The molecule has 12 heavy (non-hydrogen) atoms. The smallest absolute Gasteiger partial charge is 0.0141 e. The highest BCUT2D eigenvalue weighted by molar-refractivity contribution is 5.10. The van der Waals surface area contributed by atoms with Gasteiger partial charge in [-0.25, -0.2) is 0 Å². The Morgan fingerprint density at radius 3 is 2.25 bits per heavy atom. The molecule has 0 aromatic heterocycles. The van der Waals surface area contributed by atoms with Crippen molar-refractivity contribution in [3.05, 3.63) is 12.2 Å². The Bertz CT molecular complexity index is 184. The zero-order chi connectivity index (χ0) is 9.41. The fraction of sp³-hybridized carbons (Fsp3) is 0.833. The minimum Gasteiger partial charge on any atom is -0.0883 e. The fourth-order valence-corrected chi connectivity index (χ4v) is 2.28. The number of allylic oxidation sites excluding steroid dienone is 2. The van der Waals surface area contributed by atoms with E-state index in [1.54, 1.807) is 0 Å². The summed E-state index contributed by atoms with van der Waals surface area (Å²) < 4.78 is 0. The molecule has 1 saturated carbocycles. The SMILES string of the molecule is CC/C=C/C(C)(C)C1CC1(C)C. The van der Waals surface area contributed by atoms with E-state index in [1.807, 2.05) is 0 Å². The van der Waals surface area contributed by atoms with Gasteiger partial charge in [-0.15, -0.1) is 0 Å². The molecule has 0 saturated heterocycles. The fourth-order valence-electron chi connectivity index (χ4n) is 2.28. The molecule has 1 atom stereocenters. The largest absolute Gasteiger partial charge is 0.0883 e. The number of hydrogen-bond donors (Lipinski definition) is 0. The van der Waals surface area contributed by atoms with Gasteiger partial charge >= 0.3 is 0 Å². The van der Waals surface area contributed by atoms with E-state index >= 15 is 0 Å². The van der Waals surface area contributed by atoms with Crippen LogP contribution in [0.25, 0.3) is 0 Å². The molecule has 1 aliphatic carbocycles. The van der Waals surface area contributed by atoms with E-state index in [2.05, 4.69) is 46.8 Å². The minimum absolute atomic E-state index is 0.416. The summed E-state index contributed by atoms with van der Waals surface area (Å²) in [5.41, 5.74) is 1.01. The summed E-state index contributed by atoms with van der Waals surface area (Å²) in [6.45, 7) is 11.7. The average molecular weight is 166 g/mol. The van der Waals surface area contributed by atoms with Crippen LogP contribution in [0.15, 0.2) is 12.2 Å². The van der Waals surface area contributed by atoms with Crippen LogP contribution in [0.4, 0.5) is 0 Å². The highest BCUT2D eigenvalue weighted by atomic mass is 14.6. The van der Waals surface area contributed by atoms with Crippen LogP contribution in [0.3, 0.4) is 0 Å². The minimum atomic E-state index is 0.416. The van der Waals surface area contributed by atoms with Crippen LogP contribution in [-0.2, 0) is 0 Å². The molecule has 0 nitrogen and oxygen atoms in total. The third-order valence-corrected chi connectivity index (χ3v) is 3.19. The maximum Gasteiger partial charge on any atom is -0.0141 e. The van der Waals surface area contributed by atoms with Crippen molar-refractivity contribution < 1.29 is 0 Å². The van der Waals surface area contributed by atoms with Crippen molar-refractivity contribution in [3.63, 3.8) is 0 Å². The van der Waals surface area contributed by atoms with Gasteiger partial charge in [0.15, 0.2) is 0 Å². The lowest BCUT2D eigenvalue weighted by Crippen LogP contribution is -2.14. The maximum atomic E-state index is 2.40. The third kappa shape index (κ3) is 1.91. The average Bonchev–Trinajstić information content (AvgIpc) is 2.57. The molecule has 0 aromatic rings. The van der Waals surface area contributed by atoms with Crippen molar-refractivity contribution in [1.29, 1.82) is 0 Å². The molecule has 0 amide bonds. The Labute approximate surface area is 77.1 Å². The Morgan fingerprint density at radius 1 is 1.42 bits per heavy atom. The molecule has 0 radical (unpaired) electrons. The maximum absolute atomic E-state index is 2.40. The molecular formula is C12H22. The van der Waals surface area contributed by atoms with Crippen LogP contribution in [-0.4, -0.2) is 0 Å². The van der Waals surface area contributed by atoms with Crippen molar-refractivity contribution in [1.82, 2.24) is 0 Å². The molecule has 0 aromatic carbocycles. The second kappa shape index (κ2) is 2.90. The Balaban J connectivity index is 2.56. The first-order valence-corrected chi connectivity index (χ1v) is 5.08. The summed E-state index contributed by atoms with van der Waals surface area (Å²) in [5.74, 6) is 0.896.